The van der Waals surface area contributed by atoms with Crippen LogP contribution in [0.15, 0.2) is 35.3 Å². The molecule has 1 aromatic rings. The van der Waals surface area contributed by atoms with Crippen LogP contribution in [0.25, 0.3) is 0 Å². The first-order valence-corrected chi connectivity index (χ1v) is 9.52. The van der Waals surface area contributed by atoms with E-state index in [4.69, 9.17) is 0 Å². The van der Waals surface area contributed by atoms with Gasteiger partial charge in [0.15, 0.2) is 5.96 Å². The van der Waals surface area contributed by atoms with Crippen molar-refractivity contribution in [1.29, 1.82) is 0 Å². The highest BCUT2D eigenvalue weighted by Crippen LogP contribution is 2.12. The molecule has 2 N–H and O–H groups in total. The van der Waals surface area contributed by atoms with Gasteiger partial charge in [-0.25, -0.2) is 0 Å². The van der Waals surface area contributed by atoms with Crippen molar-refractivity contribution >= 4 is 17.6 Å². The quantitative estimate of drug-likeness (QED) is 0.259. The smallest absolute Gasteiger partial charge is 0.305 e. The van der Waals surface area contributed by atoms with Gasteiger partial charge in [-0.05, 0) is 38.3 Å². The van der Waals surface area contributed by atoms with Gasteiger partial charge >= 0.3 is 5.97 Å². The zero-order chi connectivity index (χ0) is 19.0. The SMILES string of the molecule is CCN(CCCNC(=NC)NCCCCCC(=O)OC)c1ccccc1. The van der Waals surface area contributed by atoms with Gasteiger partial charge in [0.2, 0.25) is 0 Å². The zero-order valence-corrected chi connectivity index (χ0v) is 16.5. The van der Waals surface area contributed by atoms with E-state index in [1.807, 2.05) is 6.07 Å². The fourth-order valence-electron chi connectivity index (χ4n) is 2.69. The minimum absolute atomic E-state index is 0.132. The molecule has 26 heavy (non-hydrogen) atoms. The van der Waals surface area contributed by atoms with E-state index in [0.29, 0.717) is 6.42 Å². The molecule has 0 fully saturated rings. The molecule has 1 aromatic carbocycles. The van der Waals surface area contributed by atoms with Crippen LogP contribution in [0.2, 0.25) is 0 Å². The van der Waals surface area contributed by atoms with E-state index in [0.717, 1.165) is 57.8 Å². The molecule has 6 nitrogen and oxygen atoms in total. The molecule has 0 amide bonds. The van der Waals surface area contributed by atoms with Crippen LogP contribution < -0.4 is 15.5 Å². The fourth-order valence-corrected chi connectivity index (χ4v) is 2.69. The van der Waals surface area contributed by atoms with Crippen LogP contribution >= 0.6 is 0 Å². The average Bonchev–Trinajstić information content (AvgIpc) is 2.69. The Balaban J connectivity index is 2.13. The van der Waals surface area contributed by atoms with Gasteiger partial charge < -0.3 is 20.3 Å². The Kier molecular flexibility index (Phi) is 11.7. The van der Waals surface area contributed by atoms with E-state index >= 15 is 0 Å². The number of nitrogens with zero attached hydrogens (tertiary/aromatic N) is 2. The van der Waals surface area contributed by atoms with E-state index in [2.05, 4.69) is 56.5 Å². The molecule has 0 aromatic heterocycles. The van der Waals surface area contributed by atoms with E-state index < -0.39 is 0 Å². The maximum absolute atomic E-state index is 11.0. The number of hydrogen-bond donors (Lipinski definition) is 2. The molecule has 0 saturated carbocycles. The molecule has 0 heterocycles. The second kappa shape index (κ2) is 14.0. The van der Waals surface area contributed by atoms with Crippen LogP contribution in [0.3, 0.4) is 0 Å². The molecule has 0 unspecified atom stereocenters. The predicted molar refractivity (Wildman–Crippen MR) is 109 cm³/mol. The first-order valence-electron chi connectivity index (χ1n) is 9.52. The fraction of sp³-hybridized carbons (Fsp3) is 0.600. The summed E-state index contributed by atoms with van der Waals surface area (Å²) in [6.45, 7) is 5.93. The lowest BCUT2D eigenvalue weighted by Crippen LogP contribution is -2.39. The molecule has 146 valence electrons. The van der Waals surface area contributed by atoms with E-state index in [9.17, 15) is 4.79 Å². The highest BCUT2D eigenvalue weighted by Gasteiger charge is 2.04. The van der Waals surface area contributed by atoms with Gasteiger partial charge in [-0.1, -0.05) is 24.6 Å². The summed E-state index contributed by atoms with van der Waals surface area (Å²) in [5.74, 6) is 0.702. The minimum Gasteiger partial charge on any atom is -0.469 e. The molecule has 0 aliphatic heterocycles. The summed E-state index contributed by atoms with van der Waals surface area (Å²) < 4.78 is 4.63. The molecule has 0 aliphatic carbocycles. The van der Waals surface area contributed by atoms with Crippen LogP contribution in [-0.2, 0) is 9.53 Å². The summed E-state index contributed by atoms with van der Waals surface area (Å²) in [7, 11) is 3.22. The summed E-state index contributed by atoms with van der Waals surface area (Å²) in [5, 5.41) is 6.67. The van der Waals surface area contributed by atoms with Gasteiger partial charge in [0.1, 0.15) is 0 Å². The number of carbonyl (C=O) groups excluding carboxylic acids is 1. The van der Waals surface area contributed by atoms with Gasteiger partial charge in [-0.15, -0.1) is 0 Å². The van der Waals surface area contributed by atoms with Crippen molar-refractivity contribution in [3.63, 3.8) is 0 Å². The topological polar surface area (TPSA) is 66.0 Å². The maximum atomic E-state index is 11.0. The van der Waals surface area contributed by atoms with Gasteiger partial charge in [0, 0.05) is 45.3 Å². The summed E-state index contributed by atoms with van der Waals surface area (Å²) in [4.78, 5) is 17.7. The lowest BCUT2D eigenvalue weighted by Gasteiger charge is -2.23. The summed E-state index contributed by atoms with van der Waals surface area (Å²) in [5.41, 5.74) is 1.27. The first-order chi connectivity index (χ1) is 12.7. The van der Waals surface area contributed by atoms with Crippen LogP contribution in [-0.4, -0.2) is 52.3 Å². The number of guanidine groups is 1. The third-order valence-corrected chi connectivity index (χ3v) is 4.20. The van der Waals surface area contributed by atoms with Crippen molar-refractivity contribution in [2.24, 2.45) is 4.99 Å². The monoisotopic (exact) mass is 362 g/mol. The minimum atomic E-state index is -0.132. The zero-order valence-electron chi connectivity index (χ0n) is 16.5. The lowest BCUT2D eigenvalue weighted by atomic mass is 10.2. The van der Waals surface area contributed by atoms with Crippen LogP contribution in [0.5, 0.6) is 0 Å². The number of esters is 1. The van der Waals surface area contributed by atoms with Crippen molar-refractivity contribution in [1.82, 2.24) is 10.6 Å². The van der Waals surface area contributed by atoms with Gasteiger partial charge in [-0.2, -0.15) is 0 Å². The molecule has 1 rings (SSSR count). The average molecular weight is 363 g/mol. The van der Waals surface area contributed by atoms with Crippen LogP contribution in [0.1, 0.15) is 39.0 Å². The van der Waals surface area contributed by atoms with Gasteiger partial charge in [0.05, 0.1) is 7.11 Å². The second-order valence-electron chi connectivity index (χ2n) is 6.08. The van der Waals surface area contributed by atoms with Crippen molar-refractivity contribution in [2.75, 3.05) is 45.2 Å². The third kappa shape index (κ3) is 9.30. The summed E-state index contributed by atoms with van der Waals surface area (Å²) in [6.07, 6.45) is 4.42. The van der Waals surface area contributed by atoms with Crippen molar-refractivity contribution in [3.05, 3.63) is 30.3 Å². The third-order valence-electron chi connectivity index (χ3n) is 4.20. The molecule has 0 spiro atoms. The number of unbranched alkanes of at least 4 members (excludes halogenated alkanes) is 2. The molecule has 0 aliphatic rings. The number of para-hydroxylation sites is 1. The molecule has 0 atom stereocenters. The Morgan fingerprint density at radius 1 is 1.08 bits per heavy atom. The number of aliphatic imine (C=N–C) groups is 1. The number of nitrogens with one attached hydrogen (secondary N) is 2. The highest BCUT2D eigenvalue weighted by molar-refractivity contribution is 5.79. The van der Waals surface area contributed by atoms with E-state index in [-0.39, 0.29) is 5.97 Å². The maximum Gasteiger partial charge on any atom is 0.305 e. The Bertz CT molecular complexity index is 520. The van der Waals surface area contributed by atoms with Gasteiger partial charge in [0.25, 0.3) is 0 Å². The Morgan fingerprint density at radius 3 is 2.38 bits per heavy atom. The first kappa shape index (κ1) is 21.8. The summed E-state index contributed by atoms with van der Waals surface area (Å²) in [6, 6.07) is 10.5. The predicted octanol–water partition coefficient (Wildman–Crippen LogP) is 2.80. The van der Waals surface area contributed by atoms with Gasteiger partial charge in [-0.3, -0.25) is 9.79 Å². The van der Waals surface area contributed by atoms with Crippen LogP contribution in [0, 0.1) is 0 Å². The second-order valence-corrected chi connectivity index (χ2v) is 6.08. The Morgan fingerprint density at radius 2 is 1.77 bits per heavy atom. The molecule has 0 bridgehead atoms. The lowest BCUT2D eigenvalue weighted by molar-refractivity contribution is -0.140. The van der Waals surface area contributed by atoms with Crippen molar-refractivity contribution < 1.29 is 9.53 Å². The molecular weight excluding hydrogens is 328 g/mol. The summed E-state index contributed by atoms with van der Waals surface area (Å²) >= 11 is 0. The molecular formula is C20H34N4O2. The molecule has 0 radical (unpaired) electrons. The normalized spacial score (nSPS) is 11.1. The molecule has 0 saturated heterocycles. The number of ether oxygens (including phenoxy) is 1. The number of methoxy groups -OCH3 is 1. The standard InChI is InChI=1S/C20H34N4O2/c1-4-24(18-12-7-5-8-13-18)17-11-16-23-20(21-2)22-15-10-6-9-14-19(25)26-3/h5,7-8,12-13H,4,6,9-11,14-17H2,1-3H3,(H2,21,22,23). The van der Waals surface area contributed by atoms with Crippen molar-refractivity contribution in [2.45, 2.75) is 39.0 Å². The van der Waals surface area contributed by atoms with Crippen molar-refractivity contribution in [3.8, 4) is 0 Å². The van der Waals surface area contributed by atoms with E-state index in [1.54, 1.807) is 7.05 Å². The largest absolute Gasteiger partial charge is 0.469 e. The van der Waals surface area contributed by atoms with E-state index in [1.165, 1.54) is 12.8 Å². The number of benzene rings is 1. The number of carbonyl (C=O) groups is 1. The Hall–Kier alpha value is -2.24. The highest BCUT2D eigenvalue weighted by atomic mass is 16.5. The van der Waals surface area contributed by atoms with Crippen LogP contribution in [0.4, 0.5) is 5.69 Å². The number of anilines is 1. The number of hydrogen-bond acceptors (Lipinski definition) is 4. The Labute approximate surface area is 158 Å². The molecule has 6 heteroatoms. The number of rotatable bonds is 12.